The summed E-state index contributed by atoms with van der Waals surface area (Å²) in [6, 6.07) is 1.65. The van der Waals surface area contributed by atoms with Gasteiger partial charge in [0.05, 0.1) is 18.2 Å². The van der Waals surface area contributed by atoms with Crippen LogP contribution in [0.2, 0.25) is 0 Å². The summed E-state index contributed by atoms with van der Waals surface area (Å²) in [6.07, 6.45) is 4.96. The number of aromatic nitrogens is 2. The summed E-state index contributed by atoms with van der Waals surface area (Å²) in [6.45, 7) is 0.999. The first-order valence-corrected chi connectivity index (χ1v) is 7.27. The van der Waals surface area contributed by atoms with Crippen molar-refractivity contribution in [1.82, 2.24) is 20.4 Å². The number of rotatable bonds is 5. The van der Waals surface area contributed by atoms with Crippen LogP contribution in [0.25, 0.3) is 0 Å². The predicted octanol–water partition coefficient (Wildman–Crippen LogP) is 1.11. The van der Waals surface area contributed by atoms with E-state index < -0.39 is 5.97 Å². The molecule has 1 aromatic heterocycles. The van der Waals surface area contributed by atoms with Gasteiger partial charge in [-0.3, -0.25) is 9.48 Å². The molecule has 1 fully saturated rings. The molecule has 2 amide bonds. The van der Waals surface area contributed by atoms with E-state index in [1.807, 2.05) is 19.3 Å². The van der Waals surface area contributed by atoms with Crippen LogP contribution in [0.3, 0.4) is 0 Å². The third kappa shape index (κ3) is 4.77. The highest BCUT2D eigenvalue weighted by molar-refractivity contribution is 5.73. The summed E-state index contributed by atoms with van der Waals surface area (Å²) >= 11 is 0. The summed E-state index contributed by atoms with van der Waals surface area (Å²) in [5.74, 6) is -0.532. The molecule has 7 nitrogen and oxygen atoms in total. The van der Waals surface area contributed by atoms with Crippen molar-refractivity contribution in [2.45, 2.75) is 32.2 Å². The quantitative estimate of drug-likeness (QED) is 0.758. The zero-order valence-electron chi connectivity index (χ0n) is 12.2. The number of carboxylic acid groups (broad SMARTS) is 1. The predicted molar refractivity (Wildman–Crippen MR) is 76.5 cm³/mol. The number of nitrogens with zero attached hydrogens (tertiary/aromatic N) is 2. The lowest BCUT2D eigenvalue weighted by molar-refractivity contribution is -0.143. The highest BCUT2D eigenvalue weighted by atomic mass is 16.4. The highest BCUT2D eigenvalue weighted by Crippen LogP contribution is 2.28. The lowest BCUT2D eigenvalue weighted by Crippen LogP contribution is -2.39. The lowest BCUT2D eigenvalue weighted by Gasteiger charge is -2.26. The molecule has 0 bridgehead atoms. The summed E-state index contributed by atoms with van der Waals surface area (Å²) in [5, 5.41) is 18.7. The molecule has 2 rings (SSSR count). The Morgan fingerprint density at radius 3 is 2.62 bits per heavy atom. The second-order valence-corrected chi connectivity index (χ2v) is 5.60. The number of carbonyl (C=O) groups is 2. The van der Waals surface area contributed by atoms with E-state index in [1.165, 1.54) is 0 Å². The molecular weight excluding hydrogens is 272 g/mol. The van der Waals surface area contributed by atoms with Gasteiger partial charge in [0.25, 0.3) is 0 Å². The maximum Gasteiger partial charge on any atom is 0.315 e. The summed E-state index contributed by atoms with van der Waals surface area (Å²) < 4.78 is 1.69. The molecule has 0 aromatic carbocycles. The number of hydrogen-bond donors (Lipinski definition) is 3. The van der Waals surface area contributed by atoms with Crippen LogP contribution in [-0.4, -0.2) is 33.4 Å². The zero-order valence-corrected chi connectivity index (χ0v) is 12.2. The van der Waals surface area contributed by atoms with Gasteiger partial charge in [-0.15, -0.1) is 0 Å². The molecule has 21 heavy (non-hydrogen) atoms. The van der Waals surface area contributed by atoms with Crippen LogP contribution in [0, 0.1) is 11.8 Å². The normalized spacial score (nSPS) is 21.8. The minimum Gasteiger partial charge on any atom is -0.481 e. The number of hydrogen-bond acceptors (Lipinski definition) is 3. The van der Waals surface area contributed by atoms with Crippen LogP contribution in [0.1, 0.15) is 31.4 Å². The standard InChI is InChI=1S/C14H22N4O3/c1-18-7-6-12(17-18)9-16-14(21)15-8-10-2-4-11(5-3-10)13(19)20/h6-7,10-11H,2-5,8-9H2,1H3,(H,19,20)(H2,15,16,21). The van der Waals surface area contributed by atoms with Crippen LogP contribution in [0.15, 0.2) is 12.3 Å². The SMILES string of the molecule is Cn1ccc(CNC(=O)NCC2CCC(C(=O)O)CC2)n1. The molecule has 1 saturated carbocycles. The van der Waals surface area contributed by atoms with Crippen molar-refractivity contribution in [2.75, 3.05) is 6.54 Å². The molecule has 1 aliphatic rings. The molecule has 3 N–H and O–H groups in total. The molecule has 0 atom stereocenters. The molecule has 1 heterocycles. The Morgan fingerprint density at radius 2 is 2.05 bits per heavy atom. The van der Waals surface area contributed by atoms with Gasteiger partial charge in [0.15, 0.2) is 0 Å². The zero-order chi connectivity index (χ0) is 15.2. The van der Waals surface area contributed by atoms with Crippen molar-refractivity contribution < 1.29 is 14.7 Å². The summed E-state index contributed by atoms with van der Waals surface area (Å²) in [7, 11) is 1.83. The van der Waals surface area contributed by atoms with E-state index in [-0.39, 0.29) is 11.9 Å². The van der Waals surface area contributed by atoms with Crippen LogP contribution in [-0.2, 0) is 18.4 Å². The van der Waals surface area contributed by atoms with Gasteiger partial charge in [0.1, 0.15) is 0 Å². The molecule has 0 spiro atoms. The summed E-state index contributed by atoms with van der Waals surface area (Å²) in [5.41, 5.74) is 0.814. The van der Waals surface area contributed by atoms with Gasteiger partial charge < -0.3 is 15.7 Å². The van der Waals surface area contributed by atoms with Crippen molar-refractivity contribution in [3.8, 4) is 0 Å². The topological polar surface area (TPSA) is 96.2 Å². The van der Waals surface area contributed by atoms with Crippen LogP contribution < -0.4 is 10.6 Å². The minimum atomic E-state index is -0.700. The lowest BCUT2D eigenvalue weighted by atomic mass is 9.82. The van der Waals surface area contributed by atoms with E-state index in [2.05, 4.69) is 15.7 Å². The number of carboxylic acids is 1. The van der Waals surface area contributed by atoms with Crippen molar-refractivity contribution in [2.24, 2.45) is 18.9 Å². The van der Waals surface area contributed by atoms with Crippen LogP contribution in [0.5, 0.6) is 0 Å². The Balaban J connectivity index is 1.62. The molecule has 7 heteroatoms. The van der Waals surface area contributed by atoms with Gasteiger partial charge in [0, 0.05) is 19.8 Å². The van der Waals surface area contributed by atoms with Crippen molar-refractivity contribution >= 4 is 12.0 Å². The number of carbonyl (C=O) groups excluding carboxylic acids is 1. The fourth-order valence-corrected chi connectivity index (χ4v) is 2.64. The highest BCUT2D eigenvalue weighted by Gasteiger charge is 2.25. The molecule has 0 aliphatic heterocycles. The van der Waals surface area contributed by atoms with Crippen molar-refractivity contribution in [1.29, 1.82) is 0 Å². The third-order valence-electron chi connectivity index (χ3n) is 3.95. The largest absolute Gasteiger partial charge is 0.481 e. The first kappa shape index (κ1) is 15.3. The van der Waals surface area contributed by atoms with Gasteiger partial charge in [-0.25, -0.2) is 4.79 Å². The van der Waals surface area contributed by atoms with Gasteiger partial charge >= 0.3 is 12.0 Å². The Kier molecular flexibility index (Phi) is 5.19. The Morgan fingerprint density at radius 1 is 1.33 bits per heavy atom. The molecule has 116 valence electrons. The van der Waals surface area contributed by atoms with Gasteiger partial charge in [-0.05, 0) is 37.7 Å². The van der Waals surface area contributed by atoms with Crippen molar-refractivity contribution in [3.05, 3.63) is 18.0 Å². The van der Waals surface area contributed by atoms with E-state index in [1.54, 1.807) is 4.68 Å². The minimum absolute atomic E-state index is 0.207. The second kappa shape index (κ2) is 7.10. The average molecular weight is 294 g/mol. The number of aryl methyl sites for hydroxylation is 1. The number of nitrogens with one attached hydrogen (secondary N) is 2. The molecular formula is C14H22N4O3. The van der Waals surface area contributed by atoms with E-state index in [0.717, 1.165) is 18.5 Å². The van der Waals surface area contributed by atoms with Gasteiger partial charge in [-0.1, -0.05) is 0 Å². The molecule has 0 saturated heterocycles. The van der Waals surface area contributed by atoms with E-state index in [9.17, 15) is 9.59 Å². The molecule has 0 radical (unpaired) electrons. The first-order chi connectivity index (χ1) is 10.0. The van der Waals surface area contributed by atoms with Gasteiger partial charge in [0.2, 0.25) is 0 Å². The van der Waals surface area contributed by atoms with E-state index >= 15 is 0 Å². The maximum atomic E-state index is 11.7. The average Bonchev–Trinajstić information content (AvgIpc) is 2.89. The fourth-order valence-electron chi connectivity index (χ4n) is 2.64. The summed E-state index contributed by atoms with van der Waals surface area (Å²) in [4.78, 5) is 22.5. The molecule has 1 aliphatic carbocycles. The third-order valence-corrected chi connectivity index (χ3v) is 3.95. The van der Waals surface area contributed by atoms with Gasteiger partial charge in [-0.2, -0.15) is 5.10 Å². The van der Waals surface area contributed by atoms with E-state index in [0.29, 0.717) is 31.8 Å². The Bertz CT molecular complexity index is 492. The van der Waals surface area contributed by atoms with Crippen LogP contribution in [0.4, 0.5) is 4.79 Å². The second-order valence-electron chi connectivity index (χ2n) is 5.60. The fraction of sp³-hybridized carbons (Fsp3) is 0.643. The number of aliphatic carboxylic acids is 1. The molecule has 1 aromatic rings. The van der Waals surface area contributed by atoms with E-state index in [4.69, 9.17) is 5.11 Å². The maximum absolute atomic E-state index is 11.7. The van der Waals surface area contributed by atoms with Crippen LogP contribution >= 0.6 is 0 Å². The smallest absolute Gasteiger partial charge is 0.315 e. The number of urea groups is 1. The van der Waals surface area contributed by atoms with Crippen molar-refractivity contribution in [3.63, 3.8) is 0 Å². The Labute approximate surface area is 123 Å². The molecule has 0 unspecified atom stereocenters. The monoisotopic (exact) mass is 294 g/mol. The first-order valence-electron chi connectivity index (χ1n) is 7.27. The number of amides is 2. The Hall–Kier alpha value is -2.05.